The van der Waals surface area contributed by atoms with Crippen LogP contribution in [0.15, 0.2) is 102 Å². The smallest absolute Gasteiger partial charge is 0.0278 e. The summed E-state index contributed by atoms with van der Waals surface area (Å²) >= 11 is 1.74. The standard InChI is InChI=1S/C22H16S/c1-4-11-19(12-5-1)13-10-18-22(20-14-6-2-7-15-20)23-21-16-8-3-9-17-21/h1-9,11-12,14-18H/b22-18+. The Kier molecular flexibility index (Phi) is 5.34. The predicted octanol–water partition coefficient (Wildman–Crippen LogP) is 5.87. The molecule has 0 heterocycles. The van der Waals surface area contributed by atoms with Crippen LogP contribution in [-0.2, 0) is 0 Å². The molecule has 0 N–H and O–H groups in total. The van der Waals surface area contributed by atoms with Crippen molar-refractivity contribution in [2.45, 2.75) is 4.90 Å². The summed E-state index contributed by atoms with van der Waals surface area (Å²) in [4.78, 5) is 2.37. The Morgan fingerprint density at radius 2 is 1.26 bits per heavy atom. The summed E-state index contributed by atoms with van der Waals surface area (Å²) in [5, 5.41) is 0. The molecule has 23 heavy (non-hydrogen) atoms. The monoisotopic (exact) mass is 312 g/mol. The molecule has 0 amide bonds. The molecule has 0 atom stereocenters. The van der Waals surface area contributed by atoms with Crippen LogP contribution in [0.1, 0.15) is 11.1 Å². The molecule has 0 radical (unpaired) electrons. The lowest BCUT2D eigenvalue weighted by molar-refractivity contribution is 1.47. The second-order valence-corrected chi connectivity index (χ2v) is 6.04. The normalized spacial score (nSPS) is 10.7. The minimum absolute atomic E-state index is 1.03. The van der Waals surface area contributed by atoms with E-state index in [9.17, 15) is 0 Å². The van der Waals surface area contributed by atoms with E-state index in [4.69, 9.17) is 0 Å². The van der Waals surface area contributed by atoms with Gasteiger partial charge in [-0.05, 0) is 29.8 Å². The molecule has 0 saturated heterocycles. The first-order chi connectivity index (χ1) is 11.4. The maximum Gasteiger partial charge on any atom is 0.0278 e. The second kappa shape index (κ2) is 8.08. The van der Waals surface area contributed by atoms with Crippen molar-refractivity contribution in [3.63, 3.8) is 0 Å². The van der Waals surface area contributed by atoms with Crippen LogP contribution in [0.2, 0.25) is 0 Å². The molecule has 0 aliphatic carbocycles. The molecule has 1 heteroatoms. The third kappa shape index (κ3) is 4.64. The van der Waals surface area contributed by atoms with E-state index >= 15 is 0 Å². The molecule has 0 saturated carbocycles. The Morgan fingerprint density at radius 3 is 1.91 bits per heavy atom. The second-order valence-electron chi connectivity index (χ2n) is 4.93. The van der Waals surface area contributed by atoms with E-state index in [1.165, 1.54) is 10.5 Å². The van der Waals surface area contributed by atoms with Gasteiger partial charge in [-0.1, -0.05) is 90.3 Å². The first-order valence-electron chi connectivity index (χ1n) is 7.47. The van der Waals surface area contributed by atoms with Crippen molar-refractivity contribution in [1.82, 2.24) is 0 Å². The Hall–Kier alpha value is -2.69. The first-order valence-corrected chi connectivity index (χ1v) is 8.28. The molecule has 0 nitrogen and oxygen atoms in total. The Labute approximate surface area is 141 Å². The van der Waals surface area contributed by atoms with Crippen LogP contribution in [0, 0.1) is 11.8 Å². The van der Waals surface area contributed by atoms with E-state index < -0.39 is 0 Å². The largest absolute Gasteiger partial charge is 0.0888 e. The maximum absolute atomic E-state index is 3.19. The van der Waals surface area contributed by atoms with Gasteiger partial charge in [-0.3, -0.25) is 0 Å². The number of benzene rings is 3. The lowest BCUT2D eigenvalue weighted by Crippen LogP contribution is -1.80. The van der Waals surface area contributed by atoms with Gasteiger partial charge >= 0.3 is 0 Å². The molecule has 3 aromatic rings. The first kappa shape index (κ1) is 15.2. The highest BCUT2D eigenvalue weighted by atomic mass is 32.2. The van der Waals surface area contributed by atoms with E-state index in [1.807, 2.05) is 48.5 Å². The summed E-state index contributed by atoms with van der Waals surface area (Å²) in [6, 6.07) is 30.8. The van der Waals surface area contributed by atoms with Crippen molar-refractivity contribution >= 4 is 16.7 Å². The molecule has 0 unspecified atom stereocenters. The van der Waals surface area contributed by atoms with Gasteiger partial charge < -0.3 is 0 Å². The van der Waals surface area contributed by atoms with E-state index in [0.717, 1.165) is 10.5 Å². The fourth-order valence-electron chi connectivity index (χ4n) is 2.10. The molecule has 0 aromatic heterocycles. The molecule has 110 valence electrons. The highest BCUT2D eigenvalue weighted by molar-refractivity contribution is 8.08. The lowest BCUT2D eigenvalue weighted by Gasteiger charge is -2.06. The topological polar surface area (TPSA) is 0 Å². The summed E-state index contributed by atoms with van der Waals surface area (Å²) in [7, 11) is 0. The summed E-state index contributed by atoms with van der Waals surface area (Å²) in [6.07, 6.45) is 2.00. The van der Waals surface area contributed by atoms with E-state index in [-0.39, 0.29) is 0 Å². The van der Waals surface area contributed by atoms with Gasteiger partial charge in [0, 0.05) is 21.4 Å². The molecule has 3 aromatic carbocycles. The van der Waals surface area contributed by atoms with Crippen molar-refractivity contribution in [2.24, 2.45) is 0 Å². The minimum atomic E-state index is 1.03. The number of hydrogen-bond donors (Lipinski definition) is 0. The molecule has 3 rings (SSSR count). The molecule has 0 fully saturated rings. The Balaban J connectivity index is 1.89. The highest BCUT2D eigenvalue weighted by Crippen LogP contribution is 2.33. The molecule has 0 aliphatic rings. The van der Waals surface area contributed by atoms with Crippen molar-refractivity contribution in [2.75, 3.05) is 0 Å². The SMILES string of the molecule is C(#Cc1ccccc1)/C=C(/Sc1ccccc1)c1ccccc1. The number of thioether (sulfide) groups is 1. The summed E-state index contributed by atoms with van der Waals surface area (Å²) in [6.45, 7) is 0. The zero-order valence-corrected chi connectivity index (χ0v) is 13.5. The van der Waals surface area contributed by atoms with Crippen molar-refractivity contribution < 1.29 is 0 Å². The fourth-order valence-corrected chi connectivity index (χ4v) is 3.02. The number of allylic oxidation sites excluding steroid dienone is 1. The van der Waals surface area contributed by atoms with E-state index in [0.29, 0.717) is 0 Å². The van der Waals surface area contributed by atoms with Crippen LogP contribution in [0.3, 0.4) is 0 Å². The van der Waals surface area contributed by atoms with Gasteiger partial charge in [-0.15, -0.1) is 0 Å². The average Bonchev–Trinajstić information content (AvgIpc) is 2.63. The summed E-state index contributed by atoms with van der Waals surface area (Å²) in [5.74, 6) is 6.38. The fraction of sp³-hybridized carbons (Fsp3) is 0. The number of rotatable bonds is 3. The van der Waals surface area contributed by atoms with Crippen LogP contribution in [0.25, 0.3) is 4.91 Å². The van der Waals surface area contributed by atoms with Gasteiger partial charge in [0.1, 0.15) is 0 Å². The van der Waals surface area contributed by atoms with Crippen LogP contribution in [-0.4, -0.2) is 0 Å². The number of hydrogen-bond acceptors (Lipinski definition) is 1. The highest BCUT2D eigenvalue weighted by Gasteiger charge is 2.02. The van der Waals surface area contributed by atoms with Crippen molar-refractivity contribution in [3.05, 3.63) is 108 Å². The van der Waals surface area contributed by atoms with Crippen molar-refractivity contribution in [1.29, 1.82) is 0 Å². The maximum atomic E-state index is 3.19. The third-order valence-electron chi connectivity index (χ3n) is 3.22. The Bertz CT molecular complexity index is 823. The molecule has 0 spiro atoms. The van der Waals surface area contributed by atoms with Gasteiger partial charge in [0.05, 0.1) is 0 Å². The van der Waals surface area contributed by atoms with Gasteiger partial charge in [0.25, 0.3) is 0 Å². The molecular weight excluding hydrogens is 296 g/mol. The van der Waals surface area contributed by atoms with E-state index in [2.05, 4.69) is 60.4 Å². The summed E-state index contributed by atoms with van der Waals surface area (Å²) < 4.78 is 0. The van der Waals surface area contributed by atoms with Crippen LogP contribution in [0.4, 0.5) is 0 Å². The van der Waals surface area contributed by atoms with Gasteiger partial charge in [-0.2, -0.15) is 0 Å². The summed E-state index contributed by atoms with van der Waals surface area (Å²) in [5.41, 5.74) is 2.21. The third-order valence-corrected chi connectivity index (χ3v) is 4.30. The van der Waals surface area contributed by atoms with Crippen LogP contribution in [0.5, 0.6) is 0 Å². The van der Waals surface area contributed by atoms with Gasteiger partial charge in [0.2, 0.25) is 0 Å². The van der Waals surface area contributed by atoms with Crippen LogP contribution < -0.4 is 0 Å². The molecule has 0 aliphatic heterocycles. The zero-order valence-electron chi connectivity index (χ0n) is 12.6. The lowest BCUT2D eigenvalue weighted by atomic mass is 10.2. The van der Waals surface area contributed by atoms with E-state index in [1.54, 1.807) is 11.8 Å². The molecule has 0 bridgehead atoms. The Morgan fingerprint density at radius 1 is 0.696 bits per heavy atom. The minimum Gasteiger partial charge on any atom is -0.0888 e. The average molecular weight is 312 g/mol. The van der Waals surface area contributed by atoms with Crippen LogP contribution >= 0.6 is 11.8 Å². The zero-order chi connectivity index (χ0) is 15.7. The predicted molar refractivity (Wildman–Crippen MR) is 100 cm³/mol. The van der Waals surface area contributed by atoms with Gasteiger partial charge in [-0.25, -0.2) is 0 Å². The van der Waals surface area contributed by atoms with Crippen molar-refractivity contribution in [3.8, 4) is 11.8 Å². The molecular formula is C22H16S. The van der Waals surface area contributed by atoms with Gasteiger partial charge in [0.15, 0.2) is 0 Å². The quantitative estimate of drug-likeness (QED) is 0.430.